The maximum absolute atomic E-state index is 11.5. The fourth-order valence-corrected chi connectivity index (χ4v) is 11.8. The van der Waals surface area contributed by atoms with Crippen molar-refractivity contribution in [3.63, 3.8) is 0 Å². The van der Waals surface area contributed by atoms with Gasteiger partial charge in [-0.15, -0.1) is 0 Å². The Morgan fingerprint density at radius 1 is 0.291 bits per heavy atom. The molecule has 0 spiro atoms. The third-order valence-electron chi connectivity index (χ3n) is 18.9. The van der Waals surface area contributed by atoms with E-state index >= 15 is 0 Å². The van der Waals surface area contributed by atoms with Crippen LogP contribution >= 0.6 is 11.8 Å². The molecule has 0 saturated carbocycles. The van der Waals surface area contributed by atoms with Crippen LogP contribution in [0, 0.1) is 70.4 Å². The molecule has 0 aromatic carbocycles. The molecule has 19 nitrogen and oxygen atoms in total. The van der Waals surface area contributed by atoms with E-state index < -0.39 is 23.2 Å². The highest BCUT2D eigenvalue weighted by Gasteiger charge is 2.31. The maximum atomic E-state index is 11.5. The fraction of sp³-hybridized carbons (Fsp3) is 0.959. The molecule has 0 bridgehead atoms. The normalized spacial score (nSPS) is 13.1. The lowest BCUT2D eigenvalue weighted by atomic mass is 9.90. The second kappa shape index (κ2) is 73.5. The predicted octanol–water partition coefficient (Wildman–Crippen LogP) is 33.0. The number of aliphatic hydroxyl groups excluding tert-OH is 1. The van der Waals surface area contributed by atoms with Crippen molar-refractivity contribution in [3.8, 4) is 0 Å². The highest BCUT2D eigenvalue weighted by atomic mass is 32.2. The first-order valence-electron chi connectivity index (χ1n) is 54.5. The quantitative estimate of drug-likeness (QED) is 0.0256. The standard InChI is InChI=1S/C15H33N.C14H30O.C14H30S.C12H25NO2.C12H22O4.C11H23NO2.C11H25N.C11H24O3.C11H24O.C10H20O2/c1-14(2,3)10-8-12-16(7)13-9-11-15(4,5)6;2*1-13(2,3)9-7-11-15-12-8-10-14(4,5)6;1-11(2,3)10(14)13-8-7-9-15-12(4,5)6;1-8(15-9(13)11(2,3)4)16-10(14)12(5,6)7;1-10(2,3)9(13)12-7-8-14-11(4,5)6;1-10(2,3)8-7-9-12-11(4,5)6;1-10(2,3)13-7-9(12)8-14-11(4,5)6;1-10(2,3)8-7-9-12-11(4,5)6;1-9(2,3)7-8(11)12-10(4,5)6/h8-13H2,1-7H3;2*7-12H2,1-6H3;7-9H2,1-6H3,(H,13,14);8H,1-7H3;7-8H2,1-6H3,(H,12,13);12H,7-9H2,1-6H3;9,12H,7-8H2,1-6H3;7-9H2,1-6H3;7H2,1-6H3. The van der Waals surface area contributed by atoms with Crippen LogP contribution in [0.2, 0.25) is 0 Å². The lowest BCUT2D eigenvalue weighted by Gasteiger charge is -2.25. The van der Waals surface area contributed by atoms with Gasteiger partial charge in [-0.2, -0.15) is 11.8 Å². The molecular formula is C121H256N4O15S. The van der Waals surface area contributed by atoms with Gasteiger partial charge in [0.15, 0.2) is 0 Å². The van der Waals surface area contributed by atoms with Crippen molar-refractivity contribution in [3.05, 3.63) is 0 Å². The van der Waals surface area contributed by atoms with Crippen LogP contribution in [0.15, 0.2) is 0 Å². The topological polar surface area (TPSA) is 228 Å². The average molecular weight is 2040 g/mol. The number of amides is 2. The minimum atomic E-state index is -0.849. The van der Waals surface area contributed by atoms with Crippen LogP contribution in [-0.2, 0) is 66.6 Å². The van der Waals surface area contributed by atoms with E-state index in [9.17, 15) is 29.1 Å². The second-order valence-electron chi connectivity index (χ2n) is 61.0. The SMILES string of the molecule is CC(C)(C)CC(=O)OC(C)(C)C.CC(C)(C)CCCNC(C)(C)C.CC(C)(C)CCCOC(C)(C)C.CC(C)(C)CCCOCCCC(C)(C)C.CC(C)(C)CCCSCCCC(C)(C)C.CC(C)(C)OCC(O)COC(C)(C)C.CC(C)(C)OCCCNC(=O)C(C)(C)C.CC(C)(C)OCCNC(=O)C(C)(C)C.CC(OC(=O)C(C)(C)C)OC(=O)C(C)(C)C.CN(CCCC(C)(C)C)CCCC(C)(C)C. The van der Waals surface area contributed by atoms with Crippen LogP contribution in [0.5, 0.6) is 0 Å². The van der Waals surface area contributed by atoms with Gasteiger partial charge in [0.25, 0.3) is 0 Å². The summed E-state index contributed by atoms with van der Waals surface area (Å²) in [5, 5.41) is 18.7. The Morgan fingerprint density at radius 2 is 0.553 bits per heavy atom. The van der Waals surface area contributed by atoms with E-state index in [0.29, 0.717) is 89.3 Å². The van der Waals surface area contributed by atoms with Crippen LogP contribution in [0.4, 0.5) is 0 Å². The van der Waals surface area contributed by atoms with E-state index in [2.05, 4.69) is 247 Å². The monoisotopic (exact) mass is 2040 g/mol. The van der Waals surface area contributed by atoms with Gasteiger partial charge in [0.2, 0.25) is 18.1 Å². The summed E-state index contributed by atoms with van der Waals surface area (Å²) < 4.78 is 48.3. The summed E-state index contributed by atoms with van der Waals surface area (Å²) in [6.45, 7) is 137. The summed E-state index contributed by atoms with van der Waals surface area (Å²) in [6.07, 6.45) is 20.6. The number of aliphatic hydroxyl groups is 1. The molecule has 20 heteroatoms. The number of ether oxygens (including phenoxy) is 9. The van der Waals surface area contributed by atoms with Gasteiger partial charge in [-0.1, -0.05) is 228 Å². The third kappa shape index (κ3) is 163. The zero-order chi connectivity index (χ0) is 114. The Balaban J connectivity index is -0.000000169. The highest BCUT2D eigenvalue weighted by Crippen LogP contribution is 2.30. The largest absolute Gasteiger partial charge is 0.460 e. The maximum Gasteiger partial charge on any atom is 0.314 e. The predicted molar refractivity (Wildman–Crippen MR) is 617 cm³/mol. The van der Waals surface area contributed by atoms with Gasteiger partial charge in [-0.3, -0.25) is 24.0 Å². The number of hydrogen-bond donors (Lipinski definition) is 4. The van der Waals surface area contributed by atoms with E-state index in [-0.39, 0.29) is 85.1 Å². The lowest BCUT2D eigenvalue weighted by molar-refractivity contribution is -0.195. The van der Waals surface area contributed by atoms with Crippen molar-refractivity contribution in [2.75, 3.05) is 97.5 Å². The molecule has 0 aliphatic heterocycles. The number of hydrogen-bond acceptors (Lipinski definition) is 18. The van der Waals surface area contributed by atoms with Gasteiger partial charge >= 0.3 is 17.9 Å². The fourth-order valence-electron chi connectivity index (χ4n) is 10.9. The molecule has 0 aliphatic carbocycles. The molecule has 2 amide bonds. The van der Waals surface area contributed by atoms with E-state index in [1.807, 2.05) is 166 Å². The van der Waals surface area contributed by atoms with Gasteiger partial charge in [0.1, 0.15) is 11.7 Å². The van der Waals surface area contributed by atoms with Crippen molar-refractivity contribution in [2.24, 2.45) is 70.4 Å². The number of nitrogens with one attached hydrogen (secondary N) is 3. The van der Waals surface area contributed by atoms with Crippen molar-refractivity contribution >= 4 is 41.5 Å². The van der Waals surface area contributed by atoms with Gasteiger partial charge < -0.3 is 68.6 Å². The summed E-state index contributed by atoms with van der Waals surface area (Å²) in [5.74, 6) is 1.97. The number of carbonyl (C=O) groups is 5. The Kier molecular flexibility index (Phi) is 82.6. The molecule has 0 heterocycles. The van der Waals surface area contributed by atoms with Crippen molar-refractivity contribution in [1.29, 1.82) is 0 Å². The molecule has 0 saturated heterocycles. The van der Waals surface area contributed by atoms with Crippen molar-refractivity contribution in [1.82, 2.24) is 20.9 Å². The minimum absolute atomic E-state index is 0.0162. The molecular weight excluding hydrogens is 1780 g/mol. The molecule has 0 atom stereocenters. The molecule has 141 heavy (non-hydrogen) atoms. The summed E-state index contributed by atoms with van der Waals surface area (Å²) >= 11 is 2.13. The van der Waals surface area contributed by atoms with Crippen molar-refractivity contribution in [2.45, 2.75) is 589 Å². The van der Waals surface area contributed by atoms with Gasteiger partial charge in [-0.25, -0.2) is 0 Å². The lowest BCUT2D eigenvalue weighted by Crippen LogP contribution is -2.37. The Morgan fingerprint density at radius 3 is 0.816 bits per heavy atom. The number of rotatable bonds is 38. The summed E-state index contributed by atoms with van der Waals surface area (Å²) in [6, 6.07) is 0. The van der Waals surface area contributed by atoms with E-state index in [4.69, 9.17) is 42.6 Å². The molecule has 856 valence electrons. The number of esters is 3. The zero-order valence-electron chi connectivity index (χ0n) is 107. The van der Waals surface area contributed by atoms with E-state index in [1.54, 1.807) is 41.5 Å². The third-order valence-corrected chi connectivity index (χ3v) is 20.0. The van der Waals surface area contributed by atoms with Crippen LogP contribution in [0.3, 0.4) is 0 Å². The van der Waals surface area contributed by atoms with Crippen LogP contribution in [-0.4, -0.2) is 189 Å². The first kappa shape index (κ1) is 158. The average Bonchev–Trinajstić information content (AvgIpc) is 0.880. The smallest absolute Gasteiger partial charge is 0.314 e. The number of carbonyl (C=O) groups excluding carboxylic acids is 5. The van der Waals surface area contributed by atoms with Gasteiger partial charge in [0, 0.05) is 62.8 Å². The molecule has 0 fully saturated rings. The summed E-state index contributed by atoms with van der Waals surface area (Å²) in [5.41, 5.74) is 1.38. The Hall–Kier alpha value is -2.66. The Bertz CT molecular complexity index is 2800. The first-order chi connectivity index (χ1) is 61.8. The van der Waals surface area contributed by atoms with E-state index in [0.717, 1.165) is 32.8 Å². The second-order valence-corrected chi connectivity index (χ2v) is 62.2. The zero-order valence-corrected chi connectivity index (χ0v) is 108. The van der Waals surface area contributed by atoms with Crippen LogP contribution < -0.4 is 16.0 Å². The number of thioether (sulfide) groups is 1. The van der Waals surface area contributed by atoms with Gasteiger partial charge in [0.05, 0.1) is 65.1 Å². The molecule has 0 rings (SSSR count). The number of nitrogens with zero attached hydrogens (tertiary/aromatic N) is 1. The molecule has 0 aromatic heterocycles. The van der Waals surface area contributed by atoms with E-state index in [1.165, 1.54) is 134 Å². The minimum Gasteiger partial charge on any atom is -0.460 e. The molecule has 0 radical (unpaired) electrons. The van der Waals surface area contributed by atoms with Crippen LogP contribution in [0.25, 0.3) is 0 Å². The summed E-state index contributed by atoms with van der Waals surface area (Å²) in [4.78, 5) is 59.6. The van der Waals surface area contributed by atoms with Gasteiger partial charge in [-0.05, 0) is 383 Å². The molecule has 4 N–H and O–H groups in total. The van der Waals surface area contributed by atoms with Crippen LogP contribution in [0.1, 0.15) is 538 Å². The molecule has 0 aromatic rings. The molecule has 0 unspecified atom stereocenters. The highest BCUT2D eigenvalue weighted by molar-refractivity contribution is 7.99. The molecule has 0 aliphatic rings. The van der Waals surface area contributed by atoms with Crippen molar-refractivity contribution < 1.29 is 71.7 Å². The Labute approximate surface area is 886 Å². The first-order valence-corrected chi connectivity index (χ1v) is 55.7. The summed E-state index contributed by atoms with van der Waals surface area (Å²) in [7, 11) is 2.26.